The highest BCUT2D eigenvalue weighted by Gasteiger charge is 2.17. The summed E-state index contributed by atoms with van der Waals surface area (Å²) in [6.07, 6.45) is 0. The quantitative estimate of drug-likeness (QED) is 0.759. The van der Waals surface area contributed by atoms with Gasteiger partial charge >= 0.3 is 5.97 Å². The molecular formula is C10H10N2O3. The summed E-state index contributed by atoms with van der Waals surface area (Å²) in [5.41, 5.74) is 5.98. The third kappa shape index (κ3) is 1.90. The van der Waals surface area contributed by atoms with E-state index < -0.39 is 5.97 Å². The van der Waals surface area contributed by atoms with Crippen LogP contribution in [0.4, 0.5) is 0 Å². The van der Waals surface area contributed by atoms with Crippen LogP contribution in [0.25, 0.3) is 0 Å². The summed E-state index contributed by atoms with van der Waals surface area (Å²) >= 11 is 0. The Bertz CT molecular complexity index is 435. The van der Waals surface area contributed by atoms with Crippen LogP contribution in [0.3, 0.4) is 0 Å². The molecule has 0 aliphatic rings. The predicted octanol–water partition coefficient (Wildman–Crippen LogP) is 0.724. The van der Waals surface area contributed by atoms with Crippen LogP contribution in [0.5, 0.6) is 5.75 Å². The SMILES string of the molecule is COc1c(CN)ccc(C(=O)O)c1C#N. The third-order valence-electron chi connectivity index (χ3n) is 2.01. The Morgan fingerprint density at radius 3 is 2.73 bits per heavy atom. The van der Waals surface area contributed by atoms with Crippen LogP contribution < -0.4 is 10.5 Å². The molecule has 1 rings (SSSR count). The first-order valence-electron chi connectivity index (χ1n) is 4.19. The summed E-state index contributed by atoms with van der Waals surface area (Å²) in [6.45, 7) is 0.192. The summed E-state index contributed by atoms with van der Waals surface area (Å²) in [6, 6.07) is 4.71. The average molecular weight is 206 g/mol. The highest BCUT2D eigenvalue weighted by atomic mass is 16.5. The highest BCUT2D eigenvalue weighted by Crippen LogP contribution is 2.26. The number of nitriles is 1. The summed E-state index contributed by atoms with van der Waals surface area (Å²) in [5, 5.41) is 17.7. The molecule has 0 saturated heterocycles. The molecule has 0 bridgehead atoms. The fraction of sp³-hybridized carbons (Fsp3) is 0.200. The van der Waals surface area contributed by atoms with Gasteiger partial charge in [-0.25, -0.2) is 4.79 Å². The standard InChI is InChI=1S/C10H10N2O3/c1-15-9-6(4-11)2-3-7(10(13)14)8(9)5-12/h2-3H,4,11H2,1H3,(H,13,14). The van der Waals surface area contributed by atoms with Crippen molar-refractivity contribution < 1.29 is 14.6 Å². The van der Waals surface area contributed by atoms with Crippen molar-refractivity contribution in [3.63, 3.8) is 0 Å². The second-order valence-corrected chi connectivity index (χ2v) is 2.80. The van der Waals surface area contributed by atoms with E-state index in [1.54, 1.807) is 6.07 Å². The zero-order valence-electron chi connectivity index (χ0n) is 8.15. The second kappa shape index (κ2) is 4.44. The van der Waals surface area contributed by atoms with Crippen LogP contribution in [0.2, 0.25) is 0 Å². The van der Waals surface area contributed by atoms with Crippen molar-refractivity contribution in [1.29, 1.82) is 5.26 Å². The lowest BCUT2D eigenvalue weighted by atomic mass is 10.0. The van der Waals surface area contributed by atoms with E-state index in [2.05, 4.69) is 0 Å². The first-order valence-corrected chi connectivity index (χ1v) is 4.19. The van der Waals surface area contributed by atoms with Gasteiger partial charge in [-0.05, 0) is 6.07 Å². The molecule has 0 unspecified atom stereocenters. The molecule has 1 aromatic rings. The van der Waals surface area contributed by atoms with Crippen LogP contribution in [0, 0.1) is 11.3 Å². The number of rotatable bonds is 3. The minimum absolute atomic E-state index is 0.00736. The lowest BCUT2D eigenvalue weighted by Gasteiger charge is -2.10. The van der Waals surface area contributed by atoms with E-state index in [1.165, 1.54) is 13.2 Å². The van der Waals surface area contributed by atoms with Gasteiger partial charge in [-0.15, -0.1) is 0 Å². The molecule has 0 fully saturated rings. The normalized spacial score (nSPS) is 9.40. The van der Waals surface area contributed by atoms with E-state index in [4.69, 9.17) is 20.8 Å². The number of hydrogen-bond acceptors (Lipinski definition) is 4. The Labute approximate surface area is 86.7 Å². The molecule has 1 aromatic carbocycles. The largest absolute Gasteiger partial charge is 0.495 e. The summed E-state index contributed by atoms with van der Waals surface area (Å²) < 4.78 is 4.98. The van der Waals surface area contributed by atoms with Crippen molar-refractivity contribution in [1.82, 2.24) is 0 Å². The Hall–Kier alpha value is -2.06. The first kappa shape index (κ1) is 11.0. The maximum Gasteiger partial charge on any atom is 0.337 e. The molecule has 3 N–H and O–H groups in total. The van der Waals surface area contributed by atoms with Gasteiger partial charge in [0.2, 0.25) is 0 Å². The van der Waals surface area contributed by atoms with Crippen LogP contribution in [-0.4, -0.2) is 18.2 Å². The maximum absolute atomic E-state index is 10.8. The molecule has 0 spiro atoms. The number of methoxy groups -OCH3 is 1. The maximum atomic E-state index is 10.8. The van der Waals surface area contributed by atoms with E-state index in [0.29, 0.717) is 5.56 Å². The lowest BCUT2D eigenvalue weighted by molar-refractivity contribution is 0.0696. The molecule has 5 heteroatoms. The van der Waals surface area contributed by atoms with Crippen molar-refractivity contribution in [2.45, 2.75) is 6.54 Å². The number of carboxylic acid groups (broad SMARTS) is 1. The third-order valence-corrected chi connectivity index (χ3v) is 2.01. The Morgan fingerprint density at radius 1 is 1.67 bits per heavy atom. The van der Waals surface area contributed by atoms with Gasteiger partial charge in [0, 0.05) is 12.1 Å². The summed E-state index contributed by atoms with van der Waals surface area (Å²) in [5.74, 6) is -0.923. The van der Waals surface area contributed by atoms with Gasteiger partial charge in [-0.1, -0.05) is 6.07 Å². The Kier molecular flexibility index (Phi) is 3.26. The molecule has 0 aliphatic carbocycles. The average Bonchev–Trinajstić information content (AvgIpc) is 2.26. The number of nitrogens with zero attached hydrogens (tertiary/aromatic N) is 1. The van der Waals surface area contributed by atoms with Gasteiger partial charge in [-0.3, -0.25) is 0 Å². The van der Waals surface area contributed by atoms with Crippen LogP contribution >= 0.6 is 0 Å². The predicted molar refractivity (Wildman–Crippen MR) is 52.6 cm³/mol. The first-order chi connectivity index (χ1) is 7.15. The van der Waals surface area contributed by atoms with E-state index in [0.717, 1.165) is 0 Å². The molecule has 0 saturated carbocycles. The summed E-state index contributed by atoms with van der Waals surface area (Å²) in [7, 11) is 1.38. The molecule has 5 nitrogen and oxygen atoms in total. The number of nitrogens with two attached hydrogens (primary N) is 1. The molecule has 0 atom stereocenters. The number of hydrogen-bond donors (Lipinski definition) is 2. The smallest absolute Gasteiger partial charge is 0.337 e. The molecule has 0 aromatic heterocycles. The molecule has 0 heterocycles. The number of aromatic carboxylic acids is 1. The van der Waals surface area contributed by atoms with Gasteiger partial charge in [-0.2, -0.15) is 5.26 Å². The molecule has 0 amide bonds. The van der Waals surface area contributed by atoms with Gasteiger partial charge in [0.05, 0.1) is 12.7 Å². The van der Waals surface area contributed by atoms with Crippen molar-refractivity contribution in [3.8, 4) is 11.8 Å². The zero-order chi connectivity index (χ0) is 11.4. The number of carboxylic acids is 1. The summed E-state index contributed by atoms with van der Waals surface area (Å²) in [4.78, 5) is 10.8. The number of benzene rings is 1. The van der Waals surface area contributed by atoms with Gasteiger partial charge in [0.1, 0.15) is 17.4 Å². The Balaban J connectivity index is 3.50. The molecule has 15 heavy (non-hydrogen) atoms. The topological polar surface area (TPSA) is 96.3 Å². The lowest BCUT2D eigenvalue weighted by Crippen LogP contribution is -2.07. The monoisotopic (exact) mass is 206 g/mol. The Morgan fingerprint density at radius 2 is 2.33 bits per heavy atom. The van der Waals surface area contributed by atoms with Crippen molar-refractivity contribution in [2.75, 3.05) is 7.11 Å². The van der Waals surface area contributed by atoms with Crippen LogP contribution in [-0.2, 0) is 6.54 Å². The van der Waals surface area contributed by atoms with Gasteiger partial charge in [0.25, 0.3) is 0 Å². The zero-order valence-corrected chi connectivity index (χ0v) is 8.15. The van der Waals surface area contributed by atoms with Gasteiger partial charge < -0.3 is 15.6 Å². The minimum atomic E-state index is -1.16. The fourth-order valence-electron chi connectivity index (χ4n) is 1.31. The van der Waals surface area contributed by atoms with E-state index in [1.807, 2.05) is 6.07 Å². The van der Waals surface area contributed by atoms with Gasteiger partial charge in [0.15, 0.2) is 0 Å². The van der Waals surface area contributed by atoms with E-state index >= 15 is 0 Å². The second-order valence-electron chi connectivity index (χ2n) is 2.80. The highest BCUT2D eigenvalue weighted by molar-refractivity contribution is 5.91. The van der Waals surface area contributed by atoms with Crippen LogP contribution in [0.15, 0.2) is 12.1 Å². The molecule has 0 aliphatic heterocycles. The molecule has 78 valence electrons. The van der Waals surface area contributed by atoms with E-state index in [9.17, 15) is 4.79 Å². The van der Waals surface area contributed by atoms with Crippen molar-refractivity contribution in [3.05, 3.63) is 28.8 Å². The van der Waals surface area contributed by atoms with Crippen molar-refractivity contribution >= 4 is 5.97 Å². The molecular weight excluding hydrogens is 196 g/mol. The number of carbonyl (C=O) groups is 1. The van der Waals surface area contributed by atoms with Crippen LogP contribution in [0.1, 0.15) is 21.5 Å². The number of ether oxygens (including phenoxy) is 1. The van der Waals surface area contributed by atoms with Crippen molar-refractivity contribution in [2.24, 2.45) is 5.73 Å². The fourth-order valence-corrected chi connectivity index (χ4v) is 1.31. The molecule has 0 radical (unpaired) electrons. The van der Waals surface area contributed by atoms with E-state index in [-0.39, 0.29) is 23.4 Å². The minimum Gasteiger partial charge on any atom is -0.495 e.